The van der Waals surface area contributed by atoms with Crippen molar-refractivity contribution in [3.8, 4) is 6.07 Å². The van der Waals surface area contributed by atoms with Crippen molar-refractivity contribution in [3.05, 3.63) is 35.4 Å². The number of rotatable bonds is 5. The number of Topliss-reactive ketones (excluding diaryl/α,β-unsaturated/α-hetero) is 1. The number of hydrogen-bond acceptors (Lipinski definition) is 5. The van der Waals surface area contributed by atoms with Gasteiger partial charge in [-0.15, -0.1) is 0 Å². The van der Waals surface area contributed by atoms with Crippen LogP contribution in [0.5, 0.6) is 0 Å². The van der Waals surface area contributed by atoms with Gasteiger partial charge in [-0.3, -0.25) is 4.79 Å². The average Bonchev–Trinajstić information content (AvgIpc) is 2.49. The minimum atomic E-state index is -0.790. The lowest BCUT2D eigenvalue weighted by Gasteiger charge is -2.16. The number of benzene rings is 1. The summed E-state index contributed by atoms with van der Waals surface area (Å²) in [4.78, 5) is 25.6. The summed E-state index contributed by atoms with van der Waals surface area (Å²) in [5.74, 6) is -0.986. The summed E-state index contributed by atoms with van der Waals surface area (Å²) in [5, 5.41) is 9.11. The number of hydrogen-bond donors (Lipinski definition) is 0. The first-order valence-corrected chi connectivity index (χ1v) is 7.24. The van der Waals surface area contributed by atoms with Crippen molar-refractivity contribution in [1.82, 2.24) is 0 Å². The molecule has 0 heterocycles. The van der Waals surface area contributed by atoms with Crippen LogP contribution in [-0.2, 0) is 14.3 Å². The third kappa shape index (κ3) is 5.59. The topological polar surface area (TPSA) is 70.4 Å². The SMILES string of the molecule is CN(C)c1ccc(/C=C(\C#N)C(=O)OCC(=O)C(C)(C)C)cc1. The first-order valence-electron chi connectivity index (χ1n) is 7.24. The molecule has 0 bridgehead atoms. The predicted octanol–water partition coefficient (Wildman–Crippen LogP) is 2.82. The number of anilines is 1. The summed E-state index contributed by atoms with van der Waals surface area (Å²) in [6.07, 6.45) is 1.45. The molecule has 0 aliphatic heterocycles. The van der Waals surface area contributed by atoms with Gasteiger partial charge < -0.3 is 9.64 Å². The van der Waals surface area contributed by atoms with Crippen molar-refractivity contribution >= 4 is 23.5 Å². The molecule has 0 amide bonds. The van der Waals surface area contributed by atoms with E-state index in [0.717, 1.165) is 5.69 Å². The van der Waals surface area contributed by atoms with Crippen LogP contribution < -0.4 is 4.90 Å². The minimum Gasteiger partial charge on any atom is -0.454 e. The highest BCUT2D eigenvalue weighted by atomic mass is 16.5. The molecule has 122 valence electrons. The van der Waals surface area contributed by atoms with Gasteiger partial charge in [-0.05, 0) is 23.8 Å². The van der Waals surface area contributed by atoms with Gasteiger partial charge >= 0.3 is 5.97 Å². The molecule has 0 aliphatic carbocycles. The highest BCUT2D eigenvalue weighted by Crippen LogP contribution is 2.16. The number of carbonyl (C=O) groups excluding carboxylic acids is 2. The fraction of sp³-hybridized carbons (Fsp3) is 0.389. The molecule has 5 heteroatoms. The molecule has 0 N–H and O–H groups in total. The van der Waals surface area contributed by atoms with Crippen molar-refractivity contribution in [2.24, 2.45) is 5.41 Å². The van der Waals surface area contributed by atoms with Crippen molar-refractivity contribution in [3.63, 3.8) is 0 Å². The lowest BCUT2D eigenvalue weighted by molar-refractivity contribution is -0.146. The highest BCUT2D eigenvalue weighted by molar-refractivity contribution is 5.99. The maximum absolute atomic E-state index is 11.9. The van der Waals surface area contributed by atoms with E-state index in [1.807, 2.05) is 37.2 Å². The normalized spacial score (nSPS) is 11.6. The molecule has 1 rings (SSSR count). The average molecular weight is 314 g/mol. The Morgan fingerprint density at radius 2 is 1.78 bits per heavy atom. The second-order valence-corrected chi connectivity index (χ2v) is 6.41. The second-order valence-electron chi connectivity index (χ2n) is 6.41. The first-order chi connectivity index (χ1) is 10.6. The maximum Gasteiger partial charge on any atom is 0.349 e. The molecule has 0 spiro atoms. The Morgan fingerprint density at radius 3 is 2.22 bits per heavy atom. The van der Waals surface area contributed by atoms with Crippen molar-refractivity contribution < 1.29 is 14.3 Å². The van der Waals surface area contributed by atoms with E-state index in [2.05, 4.69) is 0 Å². The Hall–Kier alpha value is -2.61. The number of nitriles is 1. The van der Waals surface area contributed by atoms with Gasteiger partial charge in [0, 0.05) is 25.2 Å². The van der Waals surface area contributed by atoms with Gasteiger partial charge in [0.2, 0.25) is 0 Å². The first kappa shape index (κ1) is 18.4. The number of esters is 1. The van der Waals surface area contributed by atoms with Crippen LogP contribution in [0.3, 0.4) is 0 Å². The van der Waals surface area contributed by atoms with Crippen LogP contribution in [0.4, 0.5) is 5.69 Å². The molecule has 0 saturated carbocycles. The van der Waals surface area contributed by atoms with Gasteiger partial charge in [-0.1, -0.05) is 32.9 Å². The standard InChI is InChI=1S/C18H22N2O3/c1-18(2,3)16(21)12-23-17(22)14(11-19)10-13-6-8-15(9-7-13)20(4)5/h6-10H,12H2,1-5H3/b14-10+. The Bertz CT molecular complexity index is 644. The molecule has 0 fully saturated rings. The number of ketones is 1. The van der Waals surface area contributed by atoms with E-state index < -0.39 is 11.4 Å². The zero-order valence-corrected chi connectivity index (χ0v) is 14.2. The van der Waals surface area contributed by atoms with Gasteiger partial charge in [-0.2, -0.15) is 5.26 Å². The zero-order valence-electron chi connectivity index (χ0n) is 14.2. The fourth-order valence-electron chi connectivity index (χ4n) is 1.60. The van der Waals surface area contributed by atoms with Gasteiger partial charge in [0.15, 0.2) is 12.4 Å². The third-order valence-electron chi connectivity index (χ3n) is 3.23. The Kier molecular flexibility index (Phi) is 6.09. The Balaban J connectivity index is 2.81. The van der Waals surface area contributed by atoms with E-state index >= 15 is 0 Å². The summed E-state index contributed by atoms with van der Waals surface area (Å²) >= 11 is 0. The van der Waals surface area contributed by atoms with Crippen LogP contribution in [0, 0.1) is 16.7 Å². The van der Waals surface area contributed by atoms with E-state index in [1.165, 1.54) is 6.08 Å². The fourth-order valence-corrected chi connectivity index (χ4v) is 1.60. The summed E-state index contributed by atoms with van der Waals surface area (Å²) in [6.45, 7) is 4.91. The molecular formula is C18H22N2O3. The molecule has 1 aromatic carbocycles. The molecule has 0 unspecified atom stereocenters. The largest absolute Gasteiger partial charge is 0.454 e. The van der Waals surface area contributed by atoms with E-state index in [1.54, 1.807) is 32.9 Å². The van der Waals surface area contributed by atoms with Crippen LogP contribution in [0.25, 0.3) is 6.08 Å². The third-order valence-corrected chi connectivity index (χ3v) is 3.23. The highest BCUT2D eigenvalue weighted by Gasteiger charge is 2.23. The Labute approximate surface area is 137 Å². The molecule has 0 saturated heterocycles. The van der Waals surface area contributed by atoms with E-state index in [4.69, 9.17) is 10.00 Å². The summed E-state index contributed by atoms with van der Waals surface area (Å²) < 4.78 is 4.93. The van der Waals surface area contributed by atoms with Gasteiger partial charge in [0.1, 0.15) is 11.6 Å². The van der Waals surface area contributed by atoms with E-state index in [-0.39, 0.29) is 18.0 Å². The van der Waals surface area contributed by atoms with Crippen LogP contribution in [0.15, 0.2) is 29.8 Å². The van der Waals surface area contributed by atoms with E-state index in [0.29, 0.717) is 5.56 Å². The Morgan fingerprint density at radius 1 is 1.22 bits per heavy atom. The number of nitrogens with zero attached hydrogens (tertiary/aromatic N) is 2. The molecule has 23 heavy (non-hydrogen) atoms. The van der Waals surface area contributed by atoms with Gasteiger partial charge in [-0.25, -0.2) is 4.79 Å². The predicted molar refractivity (Wildman–Crippen MR) is 89.8 cm³/mol. The lowest BCUT2D eigenvalue weighted by atomic mass is 9.91. The smallest absolute Gasteiger partial charge is 0.349 e. The molecule has 1 aromatic rings. The molecule has 0 aliphatic rings. The van der Waals surface area contributed by atoms with Crippen LogP contribution >= 0.6 is 0 Å². The van der Waals surface area contributed by atoms with Crippen molar-refractivity contribution in [2.75, 3.05) is 25.6 Å². The van der Waals surface area contributed by atoms with Crippen LogP contribution in [0.2, 0.25) is 0 Å². The number of carbonyl (C=O) groups is 2. The zero-order chi connectivity index (χ0) is 17.6. The lowest BCUT2D eigenvalue weighted by Crippen LogP contribution is -2.26. The quantitative estimate of drug-likeness (QED) is 0.475. The molecule has 0 atom stereocenters. The van der Waals surface area contributed by atoms with Gasteiger partial charge in [0.05, 0.1) is 0 Å². The molecule has 0 radical (unpaired) electrons. The van der Waals surface area contributed by atoms with Gasteiger partial charge in [0.25, 0.3) is 0 Å². The van der Waals surface area contributed by atoms with Crippen LogP contribution in [0.1, 0.15) is 26.3 Å². The monoisotopic (exact) mass is 314 g/mol. The molecule has 0 aromatic heterocycles. The number of ether oxygens (including phenoxy) is 1. The maximum atomic E-state index is 11.9. The summed E-state index contributed by atoms with van der Waals surface area (Å²) in [5.41, 5.74) is 1.01. The summed E-state index contributed by atoms with van der Waals surface area (Å²) in [6, 6.07) is 9.20. The molecular weight excluding hydrogens is 292 g/mol. The summed E-state index contributed by atoms with van der Waals surface area (Å²) in [7, 11) is 3.85. The minimum absolute atomic E-state index is 0.135. The second kappa shape index (κ2) is 7.59. The van der Waals surface area contributed by atoms with Crippen molar-refractivity contribution in [1.29, 1.82) is 5.26 Å². The van der Waals surface area contributed by atoms with E-state index in [9.17, 15) is 9.59 Å². The molecule has 5 nitrogen and oxygen atoms in total. The van der Waals surface area contributed by atoms with Crippen molar-refractivity contribution in [2.45, 2.75) is 20.8 Å². The van der Waals surface area contributed by atoms with Crippen LogP contribution in [-0.4, -0.2) is 32.5 Å².